The molecular weight excluding hydrogens is 345 g/mol. The first-order chi connectivity index (χ1) is 11.4. The van der Waals surface area contributed by atoms with Gasteiger partial charge in [-0.15, -0.1) is 0 Å². The number of hydrogen-bond donors (Lipinski definition) is 0. The van der Waals surface area contributed by atoms with E-state index in [1.807, 2.05) is 0 Å². The predicted octanol–water partition coefficient (Wildman–Crippen LogP) is 4.23. The molecular formula is C21H23NSe. The molecule has 2 heteroatoms. The molecule has 1 unspecified atom stereocenters. The van der Waals surface area contributed by atoms with Gasteiger partial charge in [-0.1, -0.05) is 0 Å². The third kappa shape index (κ3) is 3.59. The van der Waals surface area contributed by atoms with E-state index in [1.54, 1.807) is 0 Å². The van der Waals surface area contributed by atoms with Gasteiger partial charge in [0.1, 0.15) is 0 Å². The molecule has 0 aromatic heterocycles. The van der Waals surface area contributed by atoms with Gasteiger partial charge in [0.05, 0.1) is 0 Å². The molecule has 0 saturated heterocycles. The van der Waals surface area contributed by atoms with Gasteiger partial charge in [0.2, 0.25) is 0 Å². The Hall–Kier alpha value is -1.37. The maximum absolute atomic E-state index is 5.09. The molecule has 1 saturated carbocycles. The topological polar surface area (TPSA) is 12.4 Å². The van der Waals surface area contributed by atoms with Crippen LogP contribution in [-0.2, 0) is 0 Å². The quantitative estimate of drug-likeness (QED) is 0.716. The van der Waals surface area contributed by atoms with Gasteiger partial charge in [-0.3, -0.25) is 0 Å². The van der Waals surface area contributed by atoms with Gasteiger partial charge in [-0.05, 0) is 0 Å². The van der Waals surface area contributed by atoms with Crippen molar-refractivity contribution in [3.05, 3.63) is 66.2 Å². The first-order valence-corrected chi connectivity index (χ1v) is 10.7. The summed E-state index contributed by atoms with van der Waals surface area (Å²) in [4.78, 5) is 5.09. The minimum atomic E-state index is 0.572. The zero-order chi connectivity index (χ0) is 15.5. The molecule has 118 valence electrons. The maximum atomic E-state index is 5.09. The second-order valence-electron chi connectivity index (χ2n) is 6.71. The molecule has 1 aliphatic heterocycles. The third-order valence-corrected chi connectivity index (χ3v) is 7.58. The van der Waals surface area contributed by atoms with Crippen LogP contribution in [-0.4, -0.2) is 26.7 Å². The second kappa shape index (κ2) is 7.03. The van der Waals surface area contributed by atoms with E-state index in [1.165, 1.54) is 46.7 Å². The number of rotatable bonds is 4. The number of nitrogens with zero attached hydrogens (tertiary/aromatic N) is 1. The van der Waals surface area contributed by atoms with Crippen molar-refractivity contribution in [3.63, 3.8) is 0 Å². The van der Waals surface area contributed by atoms with Crippen LogP contribution in [0.25, 0.3) is 0 Å². The third-order valence-electron chi connectivity index (χ3n) is 5.15. The first-order valence-electron chi connectivity index (χ1n) is 8.68. The first kappa shape index (κ1) is 15.2. The van der Waals surface area contributed by atoms with E-state index in [-0.39, 0.29) is 0 Å². The van der Waals surface area contributed by atoms with Crippen molar-refractivity contribution < 1.29 is 0 Å². The zero-order valence-electron chi connectivity index (χ0n) is 13.4. The molecule has 4 rings (SSSR count). The van der Waals surface area contributed by atoms with E-state index in [0.29, 0.717) is 21.0 Å². The Morgan fingerprint density at radius 1 is 0.870 bits per heavy atom. The minimum absolute atomic E-state index is 0.572. The van der Waals surface area contributed by atoms with Crippen molar-refractivity contribution >= 4 is 25.1 Å². The van der Waals surface area contributed by atoms with Crippen LogP contribution in [0.5, 0.6) is 0 Å². The van der Waals surface area contributed by atoms with Gasteiger partial charge >= 0.3 is 145 Å². The normalized spacial score (nSPS) is 26.6. The van der Waals surface area contributed by atoms with E-state index >= 15 is 0 Å². The Balaban J connectivity index is 1.35. The second-order valence-corrected chi connectivity index (χ2v) is 9.01. The Bertz CT molecular complexity index is 665. The van der Waals surface area contributed by atoms with E-state index in [4.69, 9.17) is 4.99 Å². The summed E-state index contributed by atoms with van der Waals surface area (Å²) in [6, 6.07) is 22.6. The van der Waals surface area contributed by atoms with Gasteiger partial charge in [-0.2, -0.15) is 0 Å². The fourth-order valence-corrected chi connectivity index (χ4v) is 5.97. The van der Waals surface area contributed by atoms with Gasteiger partial charge < -0.3 is 0 Å². The van der Waals surface area contributed by atoms with Gasteiger partial charge in [0.15, 0.2) is 0 Å². The molecule has 1 heterocycles. The molecule has 1 fully saturated rings. The molecule has 0 radical (unpaired) electrons. The van der Waals surface area contributed by atoms with Crippen molar-refractivity contribution in [3.8, 4) is 0 Å². The molecule has 1 aliphatic carbocycles. The van der Waals surface area contributed by atoms with Crippen molar-refractivity contribution in [2.45, 2.75) is 43.0 Å². The summed E-state index contributed by atoms with van der Waals surface area (Å²) in [5.74, 6) is 1.50. The fraction of sp³-hybridized carbons (Fsp3) is 0.381. The standard InChI is InChI=1S/C21H23NSe/c1-3-7-16(8-4-1)17-11-12-21-18(13-17)14-19(22-21)15-23-20-9-5-2-6-10-20/h1-10,17-19H,11-15H2/t17-,18+,19?/m0/s1. The number of aliphatic imine (C=N–C) groups is 1. The van der Waals surface area contributed by atoms with Crippen LogP contribution in [0.15, 0.2) is 65.7 Å². The summed E-state index contributed by atoms with van der Waals surface area (Å²) >= 11 is 0.572. The van der Waals surface area contributed by atoms with Gasteiger partial charge in [-0.25, -0.2) is 0 Å². The molecule has 2 aliphatic rings. The predicted molar refractivity (Wildman–Crippen MR) is 99.0 cm³/mol. The average molecular weight is 368 g/mol. The Morgan fingerprint density at radius 2 is 1.61 bits per heavy atom. The van der Waals surface area contributed by atoms with E-state index in [2.05, 4.69) is 60.7 Å². The molecule has 0 amide bonds. The van der Waals surface area contributed by atoms with Crippen LogP contribution in [0.3, 0.4) is 0 Å². The Kier molecular flexibility index (Phi) is 4.64. The monoisotopic (exact) mass is 369 g/mol. The molecule has 1 nitrogen and oxygen atoms in total. The SMILES string of the molecule is c1ccc([Se]CC2C[C@H]3C[C@@H](c4ccccc4)CCC3=N2)cc1. The van der Waals surface area contributed by atoms with Gasteiger partial charge in [0.25, 0.3) is 0 Å². The van der Waals surface area contributed by atoms with Crippen LogP contribution < -0.4 is 4.46 Å². The van der Waals surface area contributed by atoms with Gasteiger partial charge in [0, 0.05) is 0 Å². The van der Waals surface area contributed by atoms with E-state index < -0.39 is 0 Å². The Morgan fingerprint density at radius 3 is 2.39 bits per heavy atom. The molecule has 2 aromatic rings. The summed E-state index contributed by atoms with van der Waals surface area (Å²) < 4.78 is 1.51. The van der Waals surface area contributed by atoms with Crippen molar-refractivity contribution in [1.82, 2.24) is 0 Å². The molecule has 2 aromatic carbocycles. The average Bonchev–Trinajstić information content (AvgIpc) is 3.04. The van der Waals surface area contributed by atoms with Crippen LogP contribution in [0.4, 0.5) is 0 Å². The van der Waals surface area contributed by atoms with Crippen LogP contribution in [0.1, 0.15) is 37.2 Å². The zero-order valence-corrected chi connectivity index (χ0v) is 15.1. The molecule has 0 N–H and O–H groups in total. The molecule has 0 bridgehead atoms. The molecule has 3 atom stereocenters. The fourth-order valence-electron chi connectivity index (χ4n) is 3.98. The number of hydrogen-bond acceptors (Lipinski definition) is 1. The molecule has 0 spiro atoms. The van der Waals surface area contributed by atoms with Crippen molar-refractivity contribution in [2.24, 2.45) is 10.9 Å². The number of fused-ring (bicyclic) bond motifs is 1. The van der Waals surface area contributed by atoms with Crippen LogP contribution in [0.2, 0.25) is 5.32 Å². The van der Waals surface area contributed by atoms with E-state index in [0.717, 1.165) is 11.8 Å². The summed E-state index contributed by atoms with van der Waals surface area (Å²) in [5, 5.41) is 1.27. The van der Waals surface area contributed by atoms with E-state index in [9.17, 15) is 0 Å². The number of benzene rings is 2. The molecule has 23 heavy (non-hydrogen) atoms. The van der Waals surface area contributed by atoms with Crippen molar-refractivity contribution in [1.29, 1.82) is 0 Å². The Labute approximate surface area is 145 Å². The van der Waals surface area contributed by atoms with Crippen LogP contribution >= 0.6 is 0 Å². The van der Waals surface area contributed by atoms with Crippen molar-refractivity contribution in [2.75, 3.05) is 0 Å². The summed E-state index contributed by atoms with van der Waals surface area (Å²) in [6.07, 6.45) is 5.12. The summed E-state index contributed by atoms with van der Waals surface area (Å²) in [7, 11) is 0. The van der Waals surface area contributed by atoms with Crippen LogP contribution in [0, 0.1) is 5.92 Å². The summed E-state index contributed by atoms with van der Waals surface area (Å²) in [6.45, 7) is 0. The summed E-state index contributed by atoms with van der Waals surface area (Å²) in [5.41, 5.74) is 3.06.